The van der Waals surface area contributed by atoms with Gasteiger partial charge in [0.15, 0.2) is 0 Å². The van der Waals surface area contributed by atoms with Crippen molar-refractivity contribution < 1.29 is 9.53 Å². The van der Waals surface area contributed by atoms with Crippen LogP contribution in [0.15, 0.2) is 6.33 Å². The van der Waals surface area contributed by atoms with Crippen LogP contribution in [0.1, 0.15) is 17.5 Å². The molecule has 1 rings (SSSR count). The van der Waals surface area contributed by atoms with E-state index in [2.05, 4.69) is 14.8 Å². The fourth-order valence-electron chi connectivity index (χ4n) is 0.628. The fourth-order valence-corrected chi connectivity index (χ4v) is 0.628. The van der Waals surface area contributed by atoms with Crippen molar-refractivity contribution in [1.29, 1.82) is 0 Å². The smallest absolute Gasteiger partial charge is 0.378 e. The summed E-state index contributed by atoms with van der Waals surface area (Å²) in [5.41, 5.74) is 0. The van der Waals surface area contributed by atoms with Gasteiger partial charge in [0.05, 0.1) is 6.61 Å². The van der Waals surface area contributed by atoms with E-state index in [9.17, 15) is 4.79 Å². The molecule has 0 radical (unpaired) electrons. The summed E-state index contributed by atoms with van der Waals surface area (Å²) in [5.74, 6) is -0.373. The van der Waals surface area contributed by atoms with Crippen molar-refractivity contribution in [2.24, 2.45) is 7.05 Å². The lowest BCUT2D eigenvalue weighted by molar-refractivity contribution is 0.0512. The lowest BCUT2D eigenvalue weighted by Gasteiger charge is -1.94. The van der Waals surface area contributed by atoms with E-state index < -0.39 is 5.97 Å². The summed E-state index contributed by atoms with van der Waals surface area (Å²) in [5, 5.41) is 3.76. The molecule has 0 aliphatic rings. The maximum atomic E-state index is 10.9. The van der Waals surface area contributed by atoms with Gasteiger partial charge in [-0.25, -0.2) is 9.78 Å². The second kappa shape index (κ2) is 3.14. The molecule has 0 saturated heterocycles. The number of aryl methyl sites for hydroxylation is 1. The zero-order valence-electron chi connectivity index (χ0n) is 6.44. The number of esters is 1. The monoisotopic (exact) mass is 155 g/mol. The van der Waals surface area contributed by atoms with Crippen LogP contribution in [-0.2, 0) is 11.8 Å². The summed E-state index contributed by atoms with van der Waals surface area (Å²) in [7, 11) is 1.69. The number of carbonyl (C=O) groups is 1. The average molecular weight is 155 g/mol. The lowest BCUT2D eigenvalue weighted by Crippen LogP contribution is -2.07. The first-order chi connectivity index (χ1) is 5.24. The van der Waals surface area contributed by atoms with Gasteiger partial charge in [-0.05, 0) is 6.92 Å². The van der Waals surface area contributed by atoms with Gasteiger partial charge in [-0.2, -0.15) is 0 Å². The molecule has 0 aliphatic heterocycles. The third-order valence-corrected chi connectivity index (χ3v) is 1.06. The van der Waals surface area contributed by atoms with Crippen molar-refractivity contribution in [1.82, 2.24) is 14.8 Å². The van der Waals surface area contributed by atoms with Crippen molar-refractivity contribution >= 4 is 5.97 Å². The second-order valence-corrected chi connectivity index (χ2v) is 1.96. The Morgan fingerprint density at radius 1 is 1.82 bits per heavy atom. The third kappa shape index (κ3) is 1.76. The minimum Gasteiger partial charge on any atom is -0.460 e. The molecule has 60 valence electrons. The molecule has 1 heterocycles. The van der Waals surface area contributed by atoms with Crippen LogP contribution in [0, 0.1) is 0 Å². The van der Waals surface area contributed by atoms with Gasteiger partial charge in [0.2, 0.25) is 0 Å². The summed E-state index contributed by atoms with van der Waals surface area (Å²) >= 11 is 0. The summed E-state index contributed by atoms with van der Waals surface area (Å²) in [6, 6.07) is 0. The molecule has 0 amide bonds. The minimum atomic E-state index is -0.479. The Bertz CT molecular complexity index is 256. The SMILES string of the molecule is CCOC(=O)c1ncn(C)n1. The first kappa shape index (κ1) is 7.71. The molecule has 0 aliphatic carbocycles. The summed E-state index contributed by atoms with van der Waals surface area (Å²) in [4.78, 5) is 14.6. The molecule has 1 aromatic rings. The van der Waals surface area contributed by atoms with Gasteiger partial charge < -0.3 is 4.74 Å². The number of rotatable bonds is 2. The Morgan fingerprint density at radius 3 is 3.00 bits per heavy atom. The van der Waals surface area contributed by atoms with Gasteiger partial charge in [-0.1, -0.05) is 0 Å². The standard InChI is InChI=1S/C6H9N3O2/c1-3-11-6(10)5-7-4-9(2)8-5/h4H,3H2,1-2H3. The molecular formula is C6H9N3O2. The third-order valence-electron chi connectivity index (χ3n) is 1.06. The van der Waals surface area contributed by atoms with Crippen molar-refractivity contribution in [2.75, 3.05) is 6.61 Å². The van der Waals surface area contributed by atoms with Gasteiger partial charge in [0.25, 0.3) is 5.82 Å². The van der Waals surface area contributed by atoms with Gasteiger partial charge in [-0.3, -0.25) is 4.68 Å². The lowest BCUT2D eigenvalue weighted by atomic mass is 10.6. The first-order valence-electron chi connectivity index (χ1n) is 3.26. The number of carbonyl (C=O) groups excluding carboxylic acids is 1. The van der Waals surface area contributed by atoms with Crippen LogP contribution >= 0.6 is 0 Å². The molecule has 0 aromatic carbocycles. The van der Waals surface area contributed by atoms with Crippen molar-refractivity contribution in [3.8, 4) is 0 Å². The molecule has 0 fully saturated rings. The maximum Gasteiger partial charge on any atom is 0.378 e. The fraction of sp³-hybridized carbons (Fsp3) is 0.500. The average Bonchev–Trinajstić information content (AvgIpc) is 2.36. The number of ether oxygens (including phenoxy) is 1. The summed E-state index contributed by atoms with van der Waals surface area (Å²) in [6.07, 6.45) is 1.45. The number of nitrogens with zero attached hydrogens (tertiary/aromatic N) is 3. The molecule has 0 atom stereocenters. The number of aromatic nitrogens is 3. The normalized spacial score (nSPS) is 9.64. The predicted molar refractivity (Wildman–Crippen MR) is 37.0 cm³/mol. The molecule has 0 unspecified atom stereocenters. The molecule has 0 saturated carbocycles. The van der Waals surface area contributed by atoms with Crippen LogP contribution < -0.4 is 0 Å². The van der Waals surface area contributed by atoms with E-state index in [1.807, 2.05) is 0 Å². The van der Waals surface area contributed by atoms with Crippen LogP contribution in [0.4, 0.5) is 0 Å². The van der Waals surface area contributed by atoms with E-state index >= 15 is 0 Å². The van der Waals surface area contributed by atoms with Crippen molar-refractivity contribution in [3.05, 3.63) is 12.2 Å². The summed E-state index contributed by atoms with van der Waals surface area (Å²) < 4.78 is 6.11. The highest BCUT2D eigenvalue weighted by molar-refractivity contribution is 5.84. The van der Waals surface area contributed by atoms with Crippen LogP contribution in [0.3, 0.4) is 0 Å². The van der Waals surface area contributed by atoms with Gasteiger partial charge >= 0.3 is 5.97 Å². The second-order valence-electron chi connectivity index (χ2n) is 1.96. The van der Waals surface area contributed by atoms with Gasteiger partial charge in [0.1, 0.15) is 6.33 Å². The van der Waals surface area contributed by atoms with Crippen molar-refractivity contribution in [3.63, 3.8) is 0 Å². The van der Waals surface area contributed by atoms with Crippen LogP contribution in [-0.4, -0.2) is 27.3 Å². The maximum absolute atomic E-state index is 10.9. The Balaban J connectivity index is 2.69. The molecule has 11 heavy (non-hydrogen) atoms. The largest absolute Gasteiger partial charge is 0.460 e. The molecule has 5 heteroatoms. The topological polar surface area (TPSA) is 57.0 Å². The highest BCUT2D eigenvalue weighted by Crippen LogP contribution is 1.91. The zero-order chi connectivity index (χ0) is 8.27. The van der Waals surface area contributed by atoms with Crippen LogP contribution in [0.25, 0.3) is 0 Å². The van der Waals surface area contributed by atoms with Crippen molar-refractivity contribution in [2.45, 2.75) is 6.92 Å². The Kier molecular flexibility index (Phi) is 2.20. The van der Waals surface area contributed by atoms with Gasteiger partial charge in [-0.15, -0.1) is 5.10 Å². The number of hydrogen-bond donors (Lipinski definition) is 0. The highest BCUT2D eigenvalue weighted by atomic mass is 16.5. The van der Waals surface area contributed by atoms with Crippen LogP contribution in [0.5, 0.6) is 0 Å². The van der Waals surface area contributed by atoms with Crippen LogP contribution in [0.2, 0.25) is 0 Å². The zero-order valence-corrected chi connectivity index (χ0v) is 6.44. The molecular weight excluding hydrogens is 146 g/mol. The Morgan fingerprint density at radius 2 is 2.55 bits per heavy atom. The predicted octanol–water partition coefficient (Wildman–Crippen LogP) is -0.00820. The van der Waals surface area contributed by atoms with E-state index in [1.54, 1.807) is 14.0 Å². The summed E-state index contributed by atoms with van der Waals surface area (Å²) in [6.45, 7) is 2.08. The molecule has 0 bridgehead atoms. The van der Waals surface area contributed by atoms with Gasteiger partial charge in [0, 0.05) is 7.05 Å². The Hall–Kier alpha value is -1.39. The highest BCUT2D eigenvalue weighted by Gasteiger charge is 2.10. The number of hydrogen-bond acceptors (Lipinski definition) is 4. The molecule has 5 nitrogen and oxygen atoms in total. The molecule has 1 aromatic heterocycles. The van der Waals surface area contributed by atoms with E-state index in [0.717, 1.165) is 0 Å². The van der Waals surface area contributed by atoms with E-state index in [0.29, 0.717) is 6.61 Å². The molecule has 0 N–H and O–H groups in total. The van der Waals surface area contributed by atoms with E-state index in [1.165, 1.54) is 11.0 Å². The van der Waals surface area contributed by atoms with E-state index in [4.69, 9.17) is 0 Å². The first-order valence-corrected chi connectivity index (χ1v) is 3.26. The minimum absolute atomic E-state index is 0.106. The van der Waals surface area contributed by atoms with E-state index in [-0.39, 0.29) is 5.82 Å². The Labute approximate surface area is 64.0 Å². The quantitative estimate of drug-likeness (QED) is 0.564. The molecule has 0 spiro atoms.